The number of rotatable bonds is 4. The van der Waals surface area contributed by atoms with Crippen molar-refractivity contribution in [2.24, 2.45) is 0 Å². The van der Waals surface area contributed by atoms with Crippen molar-refractivity contribution in [1.82, 2.24) is 15.1 Å². The summed E-state index contributed by atoms with van der Waals surface area (Å²) in [6.45, 7) is 6.14. The third kappa shape index (κ3) is 3.11. The first-order valence-electron chi connectivity index (χ1n) is 6.41. The second-order valence-electron chi connectivity index (χ2n) is 4.69. The Labute approximate surface area is 108 Å². The van der Waals surface area contributed by atoms with E-state index in [-0.39, 0.29) is 11.9 Å². The highest BCUT2D eigenvalue weighted by Crippen LogP contribution is 2.09. The van der Waals surface area contributed by atoms with Crippen LogP contribution in [0.5, 0.6) is 0 Å². The molecule has 1 fully saturated rings. The van der Waals surface area contributed by atoms with Gasteiger partial charge in [0.1, 0.15) is 5.76 Å². The van der Waals surface area contributed by atoms with E-state index in [2.05, 4.69) is 10.2 Å². The second-order valence-corrected chi connectivity index (χ2v) is 4.69. The van der Waals surface area contributed by atoms with Crippen molar-refractivity contribution in [2.75, 3.05) is 33.2 Å². The molecule has 1 aliphatic heterocycles. The van der Waals surface area contributed by atoms with Gasteiger partial charge in [0.05, 0.1) is 18.8 Å². The summed E-state index contributed by atoms with van der Waals surface area (Å²) in [5.74, 6) is 1.17. The van der Waals surface area contributed by atoms with Gasteiger partial charge < -0.3 is 14.6 Å². The molecule has 0 aliphatic carbocycles. The first kappa shape index (κ1) is 13.1. The van der Waals surface area contributed by atoms with Crippen LogP contribution < -0.4 is 5.32 Å². The zero-order valence-corrected chi connectivity index (χ0v) is 11.1. The summed E-state index contributed by atoms with van der Waals surface area (Å²) in [6, 6.07) is 3.80. The molecule has 5 nitrogen and oxygen atoms in total. The number of piperazine rings is 1. The maximum atomic E-state index is 12.0. The zero-order valence-electron chi connectivity index (χ0n) is 11.1. The highest BCUT2D eigenvalue weighted by atomic mass is 16.3. The first-order valence-corrected chi connectivity index (χ1v) is 6.41. The summed E-state index contributed by atoms with van der Waals surface area (Å²) in [7, 11) is 1.82. The number of nitrogens with zero attached hydrogens (tertiary/aromatic N) is 2. The van der Waals surface area contributed by atoms with Gasteiger partial charge in [-0.3, -0.25) is 9.69 Å². The zero-order chi connectivity index (χ0) is 13.0. The lowest BCUT2D eigenvalue weighted by atomic mass is 10.2. The number of carbonyl (C=O) groups is 1. The van der Waals surface area contributed by atoms with Crippen LogP contribution in [0.15, 0.2) is 22.8 Å². The quantitative estimate of drug-likeness (QED) is 0.848. The fourth-order valence-electron chi connectivity index (χ4n) is 2.15. The molecule has 1 N–H and O–H groups in total. The lowest BCUT2D eigenvalue weighted by molar-refractivity contribution is -0.134. The SMILES string of the molecule is CNC(C)C(=O)N1CCN(Cc2ccco2)CC1. The summed E-state index contributed by atoms with van der Waals surface area (Å²) in [4.78, 5) is 16.2. The Kier molecular flexibility index (Phi) is 4.38. The van der Waals surface area contributed by atoms with E-state index in [0.717, 1.165) is 38.5 Å². The maximum Gasteiger partial charge on any atom is 0.239 e. The van der Waals surface area contributed by atoms with Crippen molar-refractivity contribution in [1.29, 1.82) is 0 Å². The summed E-state index contributed by atoms with van der Waals surface area (Å²) in [5.41, 5.74) is 0. The van der Waals surface area contributed by atoms with Gasteiger partial charge in [0.25, 0.3) is 0 Å². The van der Waals surface area contributed by atoms with Crippen molar-refractivity contribution in [3.8, 4) is 0 Å². The predicted octanol–water partition coefficient (Wildman–Crippen LogP) is 0.532. The van der Waals surface area contributed by atoms with Gasteiger partial charge in [0.15, 0.2) is 0 Å². The Balaban J connectivity index is 1.79. The number of hydrogen-bond donors (Lipinski definition) is 1. The molecule has 0 radical (unpaired) electrons. The van der Waals surface area contributed by atoms with Crippen LogP contribution in [0.3, 0.4) is 0 Å². The molecule has 1 aliphatic rings. The van der Waals surface area contributed by atoms with Crippen molar-refractivity contribution in [3.05, 3.63) is 24.2 Å². The van der Waals surface area contributed by atoms with Gasteiger partial charge in [0.2, 0.25) is 5.91 Å². The van der Waals surface area contributed by atoms with Crippen LogP contribution in [0.25, 0.3) is 0 Å². The maximum absolute atomic E-state index is 12.0. The minimum absolute atomic E-state index is 0.0957. The standard InChI is InChI=1S/C13H21N3O2/c1-11(14-2)13(17)16-7-5-15(6-8-16)10-12-4-3-9-18-12/h3-4,9,11,14H,5-8,10H2,1-2H3. The molecular formula is C13H21N3O2. The van der Waals surface area contributed by atoms with Gasteiger partial charge >= 0.3 is 0 Å². The van der Waals surface area contributed by atoms with Gasteiger partial charge in [-0.1, -0.05) is 0 Å². The summed E-state index contributed by atoms with van der Waals surface area (Å²) in [6.07, 6.45) is 1.70. The van der Waals surface area contributed by atoms with E-state index in [0.29, 0.717) is 0 Å². The molecule has 18 heavy (non-hydrogen) atoms. The summed E-state index contributed by atoms with van der Waals surface area (Å²) in [5, 5.41) is 2.99. The number of likely N-dealkylation sites (N-methyl/N-ethyl adjacent to an activating group) is 1. The van der Waals surface area contributed by atoms with Crippen LogP contribution in [0, 0.1) is 0 Å². The second kappa shape index (κ2) is 6.02. The average Bonchev–Trinajstić information content (AvgIpc) is 2.91. The van der Waals surface area contributed by atoms with Gasteiger partial charge in [0, 0.05) is 26.2 Å². The lowest BCUT2D eigenvalue weighted by Gasteiger charge is -2.35. The van der Waals surface area contributed by atoms with Crippen LogP contribution >= 0.6 is 0 Å². The molecular weight excluding hydrogens is 230 g/mol. The van der Waals surface area contributed by atoms with E-state index in [1.165, 1.54) is 0 Å². The Bertz CT molecular complexity index is 370. The molecule has 2 rings (SSSR count). The average molecular weight is 251 g/mol. The van der Waals surface area contributed by atoms with Crippen LogP contribution in [-0.4, -0.2) is 55.0 Å². The van der Waals surface area contributed by atoms with Crippen LogP contribution in [0.1, 0.15) is 12.7 Å². The van der Waals surface area contributed by atoms with Crippen molar-refractivity contribution in [2.45, 2.75) is 19.5 Å². The van der Waals surface area contributed by atoms with Gasteiger partial charge in [-0.05, 0) is 26.1 Å². The lowest BCUT2D eigenvalue weighted by Crippen LogP contribution is -2.52. The topological polar surface area (TPSA) is 48.7 Å². The van der Waals surface area contributed by atoms with Gasteiger partial charge in [-0.15, -0.1) is 0 Å². The molecule has 1 aromatic heterocycles. The number of furan rings is 1. The Morgan fingerprint density at radius 2 is 2.17 bits per heavy atom. The molecule has 1 saturated heterocycles. The number of hydrogen-bond acceptors (Lipinski definition) is 4. The van der Waals surface area contributed by atoms with Gasteiger partial charge in [-0.25, -0.2) is 0 Å². The molecule has 0 saturated carbocycles. The Morgan fingerprint density at radius 3 is 2.72 bits per heavy atom. The van der Waals surface area contributed by atoms with E-state index in [4.69, 9.17) is 4.42 Å². The monoisotopic (exact) mass is 251 g/mol. The predicted molar refractivity (Wildman–Crippen MR) is 69.1 cm³/mol. The molecule has 2 heterocycles. The highest BCUT2D eigenvalue weighted by Gasteiger charge is 2.24. The molecule has 1 aromatic rings. The van der Waals surface area contributed by atoms with Crippen molar-refractivity contribution < 1.29 is 9.21 Å². The van der Waals surface area contributed by atoms with E-state index in [1.807, 2.05) is 31.0 Å². The molecule has 1 atom stereocenters. The molecule has 1 unspecified atom stereocenters. The van der Waals surface area contributed by atoms with Crippen molar-refractivity contribution in [3.63, 3.8) is 0 Å². The third-order valence-electron chi connectivity index (χ3n) is 3.45. The highest BCUT2D eigenvalue weighted by molar-refractivity contribution is 5.81. The summed E-state index contributed by atoms with van der Waals surface area (Å²) < 4.78 is 5.33. The number of nitrogens with one attached hydrogen (secondary N) is 1. The van der Waals surface area contributed by atoms with E-state index < -0.39 is 0 Å². The van der Waals surface area contributed by atoms with Gasteiger partial charge in [-0.2, -0.15) is 0 Å². The molecule has 100 valence electrons. The minimum Gasteiger partial charge on any atom is -0.468 e. The van der Waals surface area contributed by atoms with E-state index >= 15 is 0 Å². The molecule has 5 heteroatoms. The molecule has 0 bridgehead atoms. The largest absolute Gasteiger partial charge is 0.468 e. The minimum atomic E-state index is -0.0957. The van der Waals surface area contributed by atoms with Crippen LogP contribution in [0.2, 0.25) is 0 Å². The summed E-state index contributed by atoms with van der Waals surface area (Å²) >= 11 is 0. The fraction of sp³-hybridized carbons (Fsp3) is 0.615. The normalized spacial score (nSPS) is 18.9. The molecule has 1 amide bonds. The third-order valence-corrected chi connectivity index (χ3v) is 3.45. The Hall–Kier alpha value is -1.33. The first-order chi connectivity index (χ1) is 8.70. The van der Waals surface area contributed by atoms with E-state index in [1.54, 1.807) is 6.26 Å². The van der Waals surface area contributed by atoms with Crippen LogP contribution in [0.4, 0.5) is 0 Å². The van der Waals surface area contributed by atoms with Crippen molar-refractivity contribution >= 4 is 5.91 Å². The number of amides is 1. The smallest absolute Gasteiger partial charge is 0.239 e. The molecule has 0 spiro atoms. The Morgan fingerprint density at radius 1 is 1.44 bits per heavy atom. The number of carbonyl (C=O) groups excluding carboxylic acids is 1. The van der Waals surface area contributed by atoms with E-state index in [9.17, 15) is 4.79 Å². The van der Waals surface area contributed by atoms with Crippen LogP contribution in [-0.2, 0) is 11.3 Å². The molecule has 0 aromatic carbocycles. The fourth-order valence-corrected chi connectivity index (χ4v) is 2.15.